The number of carbonyl (C=O) groups excluding carboxylic acids is 1. The molecule has 1 unspecified atom stereocenters. The van der Waals surface area contributed by atoms with Crippen molar-refractivity contribution in [1.29, 1.82) is 0 Å². The van der Waals surface area contributed by atoms with E-state index in [1.807, 2.05) is 12.3 Å². The van der Waals surface area contributed by atoms with Crippen LogP contribution in [0.2, 0.25) is 0 Å². The number of aryl methyl sites for hydroxylation is 1. The van der Waals surface area contributed by atoms with Gasteiger partial charge in [0.25, 0.3) is 0 Å². The maximum absolute atomic E-state index is 11.7. The van der Waals surface area contributed by atoms with Gasteiger partial charge in [-0.15, -0.1) is 11.3 Å². The first-order valence-corrected chi connectivity index (χ1v) is 6.53. The van der Waals surface area contributed by atoms with Crippen molar-refractivity contribution >= 4 is 17.4 Å². The molecule has 1 rings (SSSR count). The SMILES string of the molecule is CCc1nc(C(C)NC(=O)N(C)CCO)cs1. The third kappa shape index (κ3) is 3.98. The van der Waals surface area contributed by atoms with Gasteiger partial charge in [0.1, 0.15) is 0 Å². The highest BCUT2D eigenvalue weighted by Gasteiger charge is 2.14. The zero-order chi connectivity index (χ0) is 12.8. The molecule has 0 radical (unpaired) electrons. The Morgan fingerprint density at radius 3 is 2.94 bits per heavy atom. The summed E-state index contributed by atoms with van der Waals surface area (Å²) in [5.41, 5.74) is 0.887. The number of carbonyl (C=O) groups is 1. The molecule has 96 valence electrons. The minimum atomic E-state index is -0.197. The lowest BCUT2D eigenvalue weighted by Gasteiger charge is -2.19. The van der Waals surface area contributed by atoms with Crippen molar-refractivity contribution in [3.63, 3.8) is 0 Å². The molecular formula is C11H19N3O2S. The fraction of sp³-hybridized carbons (Fsp3) is 0.636. The molecule has 0 aliphatic carbocycles. The highest BCUT2D eigenvalue weighted by atomic mass is 32.1. The smallest absolute Gasteiger partial charge is 0.317 e. The number of rotatable bonds is 5. The molecule has 5 nitrogen and oxygen atoms in total. The van der Waals surface area contributed by atoms with Gasteiger partial charge in [-0.2, -0.15) is 0 Å². The van der Waals surface area contributed by atoms with Gasteiger partial charge < -0.3 is 15.3 Å². The quantitative estimate of drug-likeness (QED) is 0.838. The summed E-state index contributed by atoms with van der Waals surface area (Å²) >= 11 is 1.61. The minimum absolute atomic E-state index is 0.0328. The predicted molar refractivity (Wildman–Crippen MR) is 68.2 cm³/mol. The lowest BCUT2D eigenvalue weighted by molar-refractivity contribution is 0.187. The summed E-state index contributed by atoms with van der Waals surface area (Å²) < 4.78 is 0. The predicted octanol–water partition coefficient (Wildman–Crippen LogP) is 1.40. The highest BCUT2D eigenvalue weighted by Crippen LogP contribution is 2.16. The maximum Gasteiger partial charge on any atom is 0.317 e. The topological polar surface area (TPSA) is 65.5 Å². The summed E-state index contributed by atoms with van der Waals surface area (Å²) in [4.78, 5) is 17.5. The van der Waals surface area contributed by atoms with Gasteiger partial charge in [0.15, 0.2) is 0 Å². The second-order valence-corrected chi connectivity index (χ2v) is 4.78. The first-order valence-electron chi connectivity index (χ1n) is 5.65. The molecule has 0 aliphatic rings. The van der Waals surface area contributed by atoms with Crippen LogP contribution >= 0.6 is 11.3 Å². The molecule has 0 fully saturated rings. The van der Waals surface area contributed by atoms with Crippen LogP contribution in [-0.4, -0.2) is 41.2 Å². The van der Waals surface area contributed by atoms with Crippen molar-refractivity contribution in [2.45, 2.75) is 26.3 Å². The van der Waals surface area contributed by atoms with Crippen LogP contribution in [0.4, 0.5) is 4.79 Å². The first kappa shape index (κ1) is 13.9. The average molecular weight is 257 g/mol. The second-order valence-electron chi connectivity index (χ2n) is 3.84. The van der Waals surface area contributed by atoms with E-state index in [2.05, 4.69) is 17.2 Å². The Morgan fingerprint density at radius 1 is 1.71 bits per heavy atom. The molecule has 1 heterocycles. The van der Waals surface area contributed by atoms with Crippen LogP contribution in [0.1, 0.15) is 30.6 Å². The molecule has 2 amide bonds. The van der Waals surface area contributed by atoms with E-state index in [-0.39, 0.29) is 18.7 Å². The van der Waals surface area contributed by atoms with Gasteiger partial charge in [-0.1, -0.05) is 6.92 Å². The number of aromatic nitrogens is 1. The molecule has 1 aromatic rings. The number of nitrogens with one attached hydrogen (secondary N) is 1. The van der Waals surface area contributed by atoms with E-state index in [1.54, 1.807) is 18.4 Å². The van der Waals surface area contributed by atoms with Gasteiger partial charge in [-0.3, -0.25) is 0 Å². The third-order valence-electron chi connectivity index (χ3n) is 2.44. The first-order chi connectivity index (χ1) is 8.08. The van der Waals surface area contributed by atoms with Gasteiger partial charge >= 0.3 is 6.03 Å². The lowest BCUT2D eigenvalue weighted by Crippen LogP contribution is -2.40. The van der Waals surface area contributed by atoms with Crippen molar-refractivity contribution in [3.8, 4) is 0 Å². The zero-order valence-electron chi connectivity index (χ0n) is 10.4. The summed E-state index contributed by atoms with van der Waals surface area (Å²) in [5, 5.41) is 14.6. The van der Waals surface area contributed by atoms with Crippen LogP contribution < -0.4 is 5.32 Å². The Morgan fingerprint density at radius 2 is 2.41 bits per heavy atom. The Hall–Kier alpha value is -1.14. The Bertz CT molecular complexity index is 367. The van der Waals surface area contributed by atoms with Crippen molar-refractivity contribution in [2.75, 3.05) is 20.2 Å². The van der Waals surface area contributed by atoms with Crippen molar-refractivity contribution in [2.24, 2.45) is 0 Å². The zero-order valence-corrected chi connectivity index (χ0v) is 11.3. The van der Waals surface area contributed by atoms with Crippen molar-refractivity contribution in [1.82, 2.24) is 15.2 Å². The molecule has 0 spiro atoms. The van der Waals surface area contributed by atoms with Crippen LogP contribution in [0, 0.1) is 0 Å². The summed E-state index contributed by atoms with van der Waals surface area (Å²) in [5.74, 6) is 0. The van der Waals surface area contributed by atoms with Crippen molar-refractivity contribution < 1.29 is 9.90 Å². The summed E-state index contributed by atoms with van der Waals surface area (Å²) in [6.45, 7) is 4.25. The third-order valence-corrected chi connectivity index (χ3v) is 3.45. The Balaban J connectivity index is 2.53. The van der Waals surface area contributed by atoms with E-state index >= 15 is 0 Å². The number of likely N-dealkylation sites (N-methyl/N-ethyl adjacent to an activating group) is 1. The van der Waals surface area contributed by atoms with E-state index in [0.29, 0.717) is 6.54 Å². The number of hydrogen-bond acceptors (Lipinski definition) is 4. The van der Waals surface area contributed by atoms with E-state index in [9.17, 15) is 4.79 Å². The van der Waals surface area contributed by atoms with Crippen LogP contribution in [0.3, 0.4) is 0 Å². The molecule has 6 heteroatoms. The van der Waals surface area contributed by atoms with Gasteiger partial charge in [0, 0.05) is 19.0 Å². The van der Waals surface area contributed by atoms with Gasteiger partial charge in [0.2, 0.25) is 0 Å². The van der Waals surface area contributed by atoms with E-state index in [4.69, 9.17) is 5.11 Å². The van der Waals surface area contributed by atoms with Crippen molar-refractivity contribution in [3.05, 3.63) is 16.1 Å². The molecular weight excluding hydrogens is 238 g/mol. The molecule has 0 aliphatic heterocycles. The number of amides is 2. The second kappa shape index (κ2) is 6.56. The summed E-state index contributed by atoms with van der Waals surface area (Å²) in [7, 11) is 1.65. The fourth-order valence-corrected chi connectivity index (χ4v) is 2.15. The number of nitrogens with zero attached hydrogens (tertiary/aromatic N) is 2. The minimum Gasteiger partial charge on any atom is -0.395 e. The highest BCUT2D eigenvalue weighted by molar-refractivity contribution is 7.09. The fourth-order valence-electron chi connectivity index (χ4n) is 1.31. The lowest BCUT2D eigenvalue weighted by atomic mass is 10.2. The van der Waals surface area contributed by atoms with Crippen LogP contribution in [-0.2, 0) is 6.42 Å². The maximum atomic E-state index is 11.7. The van der Waals surface area contributed by atoms with E-state index in [0.717, 1.165) is 17.1 Å². The van der Waals surface area contributed by atoms with E-state index in [1.165, 1.54) is 4.90 Å². The molecule has 17 heavy (non-hydrogen) atoms. The molecule has 1 atom stereocenters. The van der Waals surface area contributed by atoms with Crippen LogP contribution in [0.5, 0.6) is 0 Å². The summed E-state index contributed by atoms with van der Waals surface area (Å²) in [6.07, 6.45) is 0.912. The molecule has 2 N–H and O–H groups in total. The number of urea groups is 1. The average Bonchev–Trinajstić information content (AvgIpc) is 2.77. The van der Waals surface area contributed by atoms with Gasteiger partial charge in [-0.05, 0) is 13.3 Å². The Labute approximate surface area is 105 Å². The summed E-state index contributed by atoms with van der Waals surface area (Å²) in [6, 6.07) is -0.308. The molecule has 1 aromatic heterocycles. The van der Waals surface area contributed by atoms with Gasteiger partial charge in [-0.25, -0.2) is 9.78 Å². The molecule has 0 saturated heterocycles. The monoisotopic (exact) mass is 257 g/mol. The van der Waals surface area contributed by atoms with E-state index < -0.39 is 0 Å². The normalized spacial score (nSPS) is 12.2. The number of thiazole rings is 1. The number of hydrogen-bond donors (Lipinski definition) is 2. The molecule has 0 bridgehead atoms. The van der Waals surface area contributed by atoms with Gasteiger partial charge in [0.05, 0.1) is 23.4 Å². The number of aliphatic hydroxyl groups excluding tert-OH is 1. The molecule has 0 saturated carbocycles. The largest absolute Gasteiger partial charge is 0.395 e. The number of aliphatic hydroxyl groups is 1. The van der Waals surface area contributed by atoms with Crippen LogP contribution in [0.25, 0.3) is 0 Å². The Kier molecular flexibility index (Phi) is 5.37. The molecule has 0 aromatic carbocycles. The standard InChI is InChI=1S/C11H19N3O2S/c1-4-10-13-9(7-17-10)8(2)12-11(16)14(3)5-6-15/h7-8,15H,4-6H2,1-3H3,(H,12,16). The van der Waals surface area contributed by atoms with Crippen LogP contribution in [0.15, 0.2) is 5.38 Å².